The summed E-state index contributed by atoms with van der Waals surface area (Å²) in [6.07, 6.45) is 1.47. The molecule has 2 atom stereocenters. The monoisotopic (exact) mass is 465 g/mol. The summed E-state index contributed by atoms with van der Waals surface area (Å²) in [5, 5.41) is 10.1. The van der Waals surface area contributed by atoms with Gasteiger partial charge in [-0.15, -0.1) is 0 Å². The number of carbonyl (C=O) groups excluding carboxylic acids is 2. The number of nitrogens with zero attached hydrogens (tertiary/aromatic N) is 3. The van der Waals surface area contributed by atoms with Gasteiger partial charge in [-0.1, -0.05) is 60.7 Å². The average molecular weight is 466 g/mol. The summed E-state index contributed by atoms with van der Waals surface area (Å²) in [5.74, 6) is -0.555. The second-order valence-electron chi connectivity index (χ2n) is 9.29. The van der Waals surface area contributed by atoms with E-state index < -0.39 is 0 Å². The normalized spacial score (nSPS) is 22.0. The molecule has 2 aromatic carbocycles. The zero-order chi connectivity index (χ0) is 23.9. The molecule has 2 aromatic rings. The van der Waals surface area contributed by atoms with Crippen molar-refractivity contribution in [1.82, 2.24) is 14.7 Å². The molecule has 2 unspecified atom stereocenters. The molecule has 2 aliphatic rings. The number of methoxy groups -OCH3 is 1. The van der Waals surface area contributed by atoms with Crippen LogP contribution in [0.25, 0.3) is 0 Å². The summed E-state index contributed by atoms with van der Waals surface area (Å²) in [4.78, 5) is 32.3. The van der Waals surface area contributed by atoms with Crippen LogP contribution in [0.4, 0.5) is 0 Å². The summed E-state index contributed by atoms with van der Waals surface area (Å²) in [5.41, 5.74) is 1.96. The van der Waals surface area contributed by atoms with E-state index in [0.29, 0.717) is 32.7 Å². The quantitative estimate of drug-likeness (QED) is 0.631. The highest BCUT2D eigenvalue weighted by molar-refractivity contribution is 5.87. The molecule has 0 aliphatic carbocycles. The number of aliphatic hydroxyl groups excluding tert-OH is 1. The van der Waals surface area contributed by atoms with E-state index >= 15 is 0 Å². The van der Waals surface area contributed by atoms with Crippen LogP contribution in [-0.4, -0.2) is 96.8 Å². The van der Waals surface area contributed by atoms with E-state index in [2.05, 4.69) is 9.80 Å². The van der Waals surface area contributed by atoms with Gasteiger partial charge >= 0.3 is 5.97 Å². The molecule has 2 aliphatic heterocycles. The Morgan fingerprint density at radius 1 is 0.971 bits per heavy atom. The number of amides is 1. The van der Waals surface area contributed by atoms with Gasteiger partial charge in [0.2, 0.25) is 5.91 Å². The Balaban J connectivity index is 1.55. The van der Waals surface area contributed by atoms with Gasteiger partial charge in [0.1, 0.15) is 0 Å². The van der Waals surface area contributed by atoms with Crippen LogP contribution in [-0.2, 0) is 14.3 Å². The fourth-order valence-electron chi connectivity index (χ4n) is 5.15. The van der Waals surface area contributed by atoms with Crippen LogP contribution < -0.4 is 0 Å². The van der Waals surface area contributed by atoms with Gasteiger partial charge in [-0.2, -0.15) is 0 Å². The van der Waals surface area contributed by atoms with Crippen molar-refractivity contribution in [2.75, 3.05) is 52.9 Å². The molecule has 182 valence electrons. The number of esters is 1. The number of ether oxygens (including phenoxy) is 1. The van der Waals surface area contributed by atoms with E-state index in [0.717, 1.165) is 30.5 Å². The van der Waals surface area contributed by atoms with E-state index in [1.807, 2.05) is 65.6 Å². The number of rotatable bonds is 7. The predicted octanol–water partition coefficient (Wildman–Crippen LogP) is 1.96. The highest BCUT2D eigenvalue weighted by Crippen LogP contribution is 2.28. The van der Waals surface area contributed by atoms with E-state index in [-0.39, 0.29) is 36.5 Å². The third kappa shape index (κ3) is 6.03. The Labute approximate surface area is 201 Å². The Morgan fingerprint density at radius 2 is 1.62 bits per heavy atom. The van der Waals surface area contributed by atoms with Crippen molar-refractivity contribution in [3.63, 3.8) is 0 Å². The third-order valence-corrected chi connectivity index (χ3v) is 6.94. The van der Waals surface area contributed by atoms with Gasteiger partial charge in [0.25, 0.3) is 0 Å². The summed E-state index contributed by atoms with van der Waals surface area (Å²) in [6.45, 7) is 4.18. The largest absolute Gasteiger partial charge is 0.468 e. The number of piperazine rings is 1. The molecule has 0 aromatic heterocycles. The van der Waals surface area contributed by atoms with Crippen LogP contribution in [0.1, 0.15) is 29.9 Å². The number of carbonyl (C=O) groups is 2. The average Bonchev–Trinajstić information content (AvgIpc) is 2.86. The predicted molar refractivity (Wildman–Crippen MR) is 130 cm³/mol. The van der Waals surface area contributed by atoms with Crippen LogP contribution in [0.2, 0.25) is 0 Å². The summed E-state index contributed by atoms with van der Waals surface area (Å²) < 4.78 is 4.92. The summed E-state index contributed by atoms with van der Waals surface area (Å²) in [7, 11) is 1.41. The Bertz CT molecular complexity index is 900. The number of aliphatic hydroxyl groups is 1. The van der Waals surface area contributed by atoms with Gasteiger partial charge in [0.15, 0.2) is 0 Å². The third-order valence-electron chi connectivity index (χ3n) is 6.94. The molecular weight excluding hydrogens is 430 g/mol. The molecule has 7 heteroatoms. The maximum atomic E-state index is 13.9. The Morgan fingerprint density at radius 3 is 2.21 bits per heavy atom. The number of β-amino-alcohol motifs (C(OH)–C–C–N with tert-alkyl or cyclic N) is 1. The second kappa shape index (κ2) is 11.6. The van der Waals surface area contributed by atoms with Crippen molar-refractivity contribution in [3.8, 4) is 0 Å². The van der Waals surface area contributed by atoms with Crippen LogP contribution in [0.5, 0.6) is 0 Å². The van der Waals surface area contributed by atoms with Crippen LogP contribution in [0.15, 0.2) is 60.7 Å². The lowest BCUT2D eigenvalue weighted by molar-refractivity contribution is -0.144. The summed E-state index contributed by atoms with van der Waals surface area (Å²) >= 11 is 0. The highest BCUT2D eigenvalue weighted by atomic mass is 16.5. The first-order chi connectivity index (χ1) is 16.5. The highest BCUT2D eigenvalue weighted by Gasteiger charge is 2.36. The lowest BCUT2D eigenvalue weighted by Crippen LogP contribution is -2.60. The number of piperidine rings is 1. The molecule has 1 amide bonds. The number of hydrogen-bond donors (Lipinski definition) is 1. The van der Waals surface area contributed by atoms with Crippen molar-refractivity contribution < 1.29 is 19.4 Å². The minimum absolute atomic E-state index is 0.00528. The van der Waals surface area contributed by atoms with Crippen molar-refractivity contribution in [3.05, 3.63) is 71.8 Å². The lowest BCUT2D eigenvalue weighted by Gasteiger charge is -2.44. The van der Waals surface area contributed by atoms with E-state index in [1.54, 1.807) is 0 Å². The van der Waals surface area contributed by atoms with Gasteiger partial charge in [-0.05, 0) is 30.5 Å². The number of hydrogen-bond acceptors (Lipinski definition) is 6. The van der Waals surface area contributed by atoms with Crippen LogP contribution >= 0.6 is 0 Å². The lowest BCUT2D eigenvalue weighted by atomic mass is 9.89. The first-order valence-corrected chi connectivity index (χ1v) is 12.1. The molecule has 0 bridgehead atoms. The molecule has 2 heterocycles. The molecule has 0 radical (unpaired) electrons. The molecule has 0 saturated carbocycles. The minimum atomic E-state index is -0.369. The zero-order valence-electron chi connectivity index (χ0n) is 19.9. The fourth-order valence-corrected chi connectivity index (χ4v) is 5.15. The molecule has 7 nitrogen and oxygen atoms in total. The number of benzene rings is 2. The maximum absolute atomic E-state index is 13.9. The topological polar surface area (TPSA) is 73.3 Å². The molecule has 4 rings (SSSR count). The van der Waals surface area contributed by atoms with Crippen molar-refractivity contribution >= 4 is 11.9 Å². The smallest absolute Gasteiger partial charge is 0.319 e. The summed E-state index contributed by atoms with van der Waals surface area (Å²) in [6, 6.07) is 19.8. The van der Waals surface area contributed by atoms with Crippen molar-refractivity contribution in [1.29, 1.82) is 0 Å². The first kappa shape index (κ1) is 24.4. The van der Waals surface area contributed by atoms with Crippen molar-refractivity contribution in [2.45, 2.75) is 30.9 Å². The molecular formula is C27H35N3O4. The minimum Gasteiger partial charge on any atom is -0.468 e. The fraction of sp³-hybridized carbons (Fsp3) is 0.481. The van der Waals surface area contributed by atoms with Crippen LogP contribution in [0, 0.1) is 0 Å². The number of likely N-dealkylation sites (tertiary alicyclic amines) is 1. The standard InChI is InChI=1S/C27H35N3O4/c1-34-25(32)20-29-15-16-30(18-23(29)17-28-14-8-13-24(31)19-28)27(33)26(21-9-4-2-5-10-21)22-11-6-3-7-12-22/h2-7,9-12,23-24,26,31H,8,13-20H2,1H3. The van der Waals surface area contributed by atoms with E-state index in [1.165, 1.54) is 7.11 Å². The van der Waals surface area contributed by atoms with Gasteiger partial charge in [0.05, 0.1) is 25.7 Å². The van der Waals surface area contributed by atoms with E-state index in [9.17, 15) is 14.7 Å². The Kier molecular flexibility index (Phi) is 8.32. The maximum Gasteiger partial charge on any atom is 0.319 e. The first-order valence-electron chi connectivity index (χ1n) is 12.1. The SMILES string of the molecule is COC(=O)CN1CCN(C(=O)C(c2ccccc2)c2ccccc2)CC1CN1CCCC(O)C1. The van der Waals surface area contributed by atoms with Gasteiger partial charge < -0.3 is 14.7 Å². The molecule has 2 saturated heterocycles. The Hall–Kier alpha value is -2.74. The molecule has 1 N–H and O–H groups in total. The van der Waals surface area contributed by atoms with Crippen molar-refractivity contribution in [2.24, 2.45) is 0 Å². The van der Waals surface area contributed by atoms with E-state index in [4.69, 9.17) is 4.74 Å². The van der Waals surface area contributed by atoms with Gasteiger partial charge in [-0.3, -0.25) is 19.4 Å². The zero-order valence-corrected chi connectivity index (χ0v) is 19.9. The second-order valence-corrected chi connectivity index (χ2v) is 9.29. The molecule has 34 heavy (non-hydrogen) atoms. The molecule has 2 fully saturated rings. The van der Waals surface area contributed by atoms with Gasteiger partial charge in [0, 0.05) is 38.8 Å². The van der Waals surface area contributed by atoms with Crippen LogP contribution in [0.3, 0.4) is 0 Å². The molecule has 0 spiro atoms. The van der Waals surface area contributed by atoms with Gasteiger partial charge in [-0.25, -0.2) is 0 Å².